The van der Waals surface area contributed by atoms with Crippen LogP contribution in [-0.2, 0) is 0 Å². The van der Waals surface area contributed by atoms with Crippen LogP contribution in [0.4, 0.5) is 0 Å². The molecule has 0 saturated heterocycles. The zero-order valence-electron chi connectivity index (χ0n) is 16.9. The van der Waals surface area contributed by atoms with Crippen molar-refractivity contribution in [3.63, 3.8) is 0 Å². The molecule has 2 aromatic heterocycles. The Labute approximate surface area is 184 Å². The highest BCUT2D eigenvalue weighted by atomic mass is 14.7. The Morgan fingerprint density at radius 3 is 1.25 bits per heavy atom. The SMILES string of the molecule is N#Cc1cccnc1-c1cc2ccc3cc(-c4ncccc4C#N)cc4ccc(c1)c2c34. The third-order valence-corrected chi connectivity index (χ3v) is 5.94. The summed E-state index contributed by atoms with van der Waals surface area (Å²) in [6.07, 6.45) is 3.43. The smallest absolute Gasteiger partial charge is 0.101 e. The number of nitrogens with zero attached hydrogens (tertiary/aromatic N) is 4. The quantitative estimate of drug-likeness (QED) is 0.310. The van der Waals surface area contributed by atoms with Gasteiger partial charge in [-0.05, 0) is 80.8 Å². The fourth-order valence-corrected chi connectivity index (χ4v) is 4.56. The van der Waals surface area contributed by atoms with Gasteiger partial charge in [-0.15, -0.1) is 0 Å². The summed E-state index contributed by atoms with van der Waals surface area (Å²) >= 11 is 0. The average molecular weight is 406 g/mol. The molecule has 146 valence electrons. The van der Waals surface area contributed by atoms with Crippen molar-refractivity contribution in [2.45, 2.75) is 0 Å². The Bertz CT molecular complexity index is 1560. The maximum Gasteiger partial charge on any atom is 0.101 e. The standard InChI is InChI=1S/C28H14N4/c29-15-21-3-1-9-31-27(21)23-11-17-5-7-19-13-24(28-22(16-30)4-2-10-32-28)14-20-8-6-18(12-23)25(17)26(19)20/h1-14H. The number of nitriles is 2. The average Bonchev–Trinajstić information content (AvgIpc) is 2.86. The van der Waals surface area contributed by atoms with Crippen LogP contribution in [0, 0.1) is 22.7 Å². The van der Waals surface area contributed by atoms with E-state index >= 15 is 0 Å². The fraction of sp³-hybridized carbons (Fsp3) is 0. The number of hydrogen-bond donors (Lipinski definition) is 0. The minimum atomic E-state index is 0.564. The third kappa shape index (κ3) is 2.61. The van der Waals surface area contributed by atoms with E-state index in [4.69, 9.17) is 0 Å². The number of pyridine rings is 2. The normalized spacial score (nSPS) is 11.1. The first-order chi connectivity index (χ1) is 15.8. The van der Waals surface area contributed by atoms with Gasteiger partial charge in [-0.2, -0.15) is 10.5 Å². The summed E-state index contributed by atoms with van der Waals surface area (Å²) in [4.78, 5) is 8.92. The van der Waals surface area contributed by atoms with Gasteiger partial charge in [0.15, 0.2) is 0 Å². The minimum absolute atomic E-state index is 0.564. The molecule has 6 rings (SSSR count). The molecule has 2 heterocycles. The van der Waals surface area contributed by atoms with E-state index in [1.165, 1.54) is 10.8 Å². The molecule has 0 bridgehead atoms. The predicted molar refractivity (Wildman–Crippen MR) is 126 cm³/mol. The zero-order chi connectivity index (χ0) is 21.7. The lowest BCUT2D eigenvalue weighted by Crippen LogP contribution is -1.92. The van der Waals surface area contributed by atoms with E-state index in [1.807, 2.05) is 0 Å². The van der Waals surface area contributed by atoms with E-state index in [2.05, 4.69) is 70.6 Å². The van der Waals surface area contributed by atoms with Gasteiger partial charge in [0.05, 0.1) is 22.5 Å². The largest absolute Gasteiger partial charge is 0.255 e. The maximum atomic E-state index is 9.50. The molecule has 0 fully saturated rings. The second kappa shape index (κ2) is 6.87. The lowest BCUT2D eigenvalue weighted by molar-refractivity contribution is 1.30. The van der Waals surface area contributed by atoms with E-state index in [0.717, 1.165) is 32.7 Å². The van der Waals surface area contributed by atoms with Gasteiger partial charge < -0.3 is 0 Å². The fourth-order valence-electron chi connectivity index (χ4n) is 4.56. The van der Waals surface area contributed by atoms with Crippen LogP contribution in [0.1, 0.15) is 11.1 Å². The van der Waals surface area contributed by atoms with Gasteiger partial charge >= 0.3 is 0 Å². The van der Waals surface area contributed by atoms with E-state index in [0.29, 0.717) is 22.5 Å². The Kier molecular flexibility index (Phi) is 3.87. The molecule has 32 heavy (non-hydrogen) atoms. The second-order valence-electron chi connectivity index (χ2n) is 7.75. The molecule has 0 aliphatic heterocycles. The van der Waals surface area contributed by atoms with Crippen molar-refractivity contribution in [3.05, 3.63) is 96.3 Å². The highest BCUT2D eigenvalue weighted by Crippen LogP contribution is 2.39. The Morgan fingerprint density at radius 2 is 0.906 bits per heavy atom. The Balaban J connectivity index is 1.63. The summed E-state index contributed by atoms with van der Waals surface area (Å²) < 4.78 is 0. The molecule has 0 radical (unpaired) electrons. The summed E-state index contributed by atoms with van der Waals surface area (Å²) in [6.45, 7) is 0. The van der Waals surface area contributed by atoms with Crippen LogP contribution in [-0.4, -0.2) is 9.97 Å². The number of rotatable bonds is 2. The van der Waals surface area contributed by atoms with Gasteiger partial charge in [-0.25, -0.2) is 0 Å². The third-order valence-electron chi connectivity index (χ3n) is 5.94. The van der Waals surface area contributed by atoms with Crippen molar-refractivity contribution in [3.8, 4) is 34.7 Å². The van der Waals surface area contributed by atoms with Crippen molar-refractivity contribution in [1.82, 2.24) is 9.97 Å². The van der Waals surface area contributed by atoms with E-state index in [-0.39, 0.29) is 0 Å². The highest BCUT2D eigenvalue weighted by molar-refractivity contribution is 6.24. The molecule has 4 nitrogen and oxygen atoms in total. The topological polar surface area (TPSA) is 73.4 Å². The summed E-state index contributed by atoms with van der Waals surface area (Å²) in [5, 5.41) is 25.8. The molecule has 0 atom stereocenters. The Hall–Kier alpha value is -4.80. The molecular weight excluding hydrogens is 392 g/mol. The van der Waals surface area contributed by atoms with Gasteiger partial charge in [-0.3, -0.25) is 9.97 Å². The monoisotopic (exact) mass is 406 g/mol. The zero-order valence-corrected chi connectivity index (χ0v) is 16.9. The van der Waals surface area contributed by atoms with Gasteiger partial charge in [0.2, 0.25) is 0 Å². The molecule has 0 N–H and O–H groups in total. The van der Waals surface area contributed by atoms with Crippen molar-refractivity contribution < 1.29 is 0 Å². The summed E-state index contributed by atoms with van der Waals surface area (Å²) in [7, 11) is 0. The highest BCUT2D eigenvalue weighted by Gasteiger charge is 2.15. The number of aromatic nitrogens is 2. The van der Waals surface area contributed by atoms with Crippen molar-refractivity contribution in [2.75, 3.05) is 0 Å². The summed E-state index contributed by atoms with van der Waals surface area (Å²) in [6, 6.07) is 28.5. The van der Waals surface area contributed by atoms with Crippen LogP contribution in [0.3, 0.4) is 0 Å². The van der Waals surface area contributed by atoms with E-state index in [1.54, 1.807) is 36.7 Å². The maximum absolute atomic E-state index is 9.50. The number of hydrogen-bond acceptors (Lipinski definition) is 4. The van der Waals surface area contributed by atoms with Gasteiger partial charge in [0.1, 0.15) is 12.1 Å². The van der Waals surface area contributed by atoms with E-state index < -0.39 is 0 Å². The van der Waals surface area contributed by atoms with E-state index in [9.17, 15) is 10.5 Å². The van der Waals surface area contributed by atoms with Crippen molar-refractivity contribution in [2.24, 2.45) is 0 Å². The lowest BCUT2D eigenvalue weighted by atomic mass is 9.90. The minimum Gasteiger partial charge on any atom is -0.255 e. The van der Waals surface area contributed by atoms with Crippen LogP contribution < -0.4 is 0 Å². The molecule has 0 saturated carbocycles. The molecule has 0 amide bonds. The van der Waals surface area contributed by atoms with Crippen LogP contribution in [0.5, 0.6) is 0 Å². The molecule has 0 unspecified atom stereocenters. The second-order valence-corrected chi connectivity index (χ2v) is 7.75. The summed E-state index contributed by atoms with van der Waals surface area (Å²) in [5.41, 5.74) is 4.38. The molecule has 6 aromatic rings. The number of benzene rings is 4. The van der Waals surface area contributed by atoms with Gasteiger partial charge in [0.25, 0.3) is 0 Å². The lowest BCUT2D eigenvalue weighted by Gasteiger charge is -2.14. The van der Waals surface area contributed by atoms with Crippen LogP contribution in [0.25, 0.3) is 54.8 Å². The molecule has 0 aliphatic carbocycles. The van der Waals surface area contributed by atoms with Crippen LogP contribution in [0.15, 0.2) is 85.2 Å². The van der Waals surface area contributed by atoms with Crippen LogP contribution in [0.2, 0.25) is 0 Å². The first kappa shape index (κ1) is 18.0. The van der Waals surface area contributed by atoms with Gasteiger partial charge in [-0.1, -0.05) is 24.3 Å². The molecule has 4 heteroatoms. The summed E-state index contributed by atoms with van der Waals surface area (Å²) in [5.74, 6) is 0. The Morgan fingerprint density at radius 1 is 0.531 bits per heavy atom. The first-order valence-corrected chi connectivity index (χ1v) is 10.2. The van der Waals surface area contributed by atoms with Crippen molar-refractivity contribution >= 4 is 32.3 Å². The molecular formula is C28H14N4. The molecule has 0 aliphatic rings. The van der Waals surface area contributed by atoms with Crippen molar-refractivity contribution in [1.29, 1.82) is 10.5 Å². The molecule has 4 aromatic carbocycles. The van der Waals surface area contributed by atoms with Gasteiger partial charge in [0, 0.05) is 23.5 Å². The molecule has 0 spiro atoms. The first-order valence-electron chi connectivity index (χ1n) is 10.2. The predicted octanol–water partition coefficient (Wildman–Crippen LogP) is 6.45. The van der Waals surface area contributed by atoms with Crippen LogP contribution >= 0.6 is 0 Å².